The molecule has 3 fully saturated rings. The molecule has 0 bridgehead atoms. The number of halogens is 1. The van der Waals surface area contributed by atoms with E-state index >= 15 is 0 Å². The maximum absolute atomic E-state index is 11.7. The van der Waals surface area contributed by atoms with Gasteiger partial charge >= 0.3 is 0 Å². The van der Waals surface area contributed by atoms with Gasteiger partial charge in [-0.2, -0.15) is 0 Å². The van der Waals surface area contributed by atoms with Crippen molar-refractivity contribution >= 4 is 23.4 Å². The van der Waals surface area contributed by atoms with Gasteiger partial charge < -0.3 is 25.0 Å². The molecule has 3 saturated heterocycles. The first-order valence-corrected chi connectivity index (χ1v) is 18.4. The minimum absolute atomic E-state index is 0.126. The summed E-state index contributed by atoms with van der Waals surface area (Å²) in [5.74, 6) is 1.39. The molecule has 2 atom stereocenters. The van der Waals surface area contributed by atoms with Crippen LogP contribution >= 0.6 is 11.6 Å². The van der Waals surface area contributed by atoms with Crippen molar-refractivity contribution in [3.05, 3.63) is 76.1 Å². The third-order valence-corrected chi connectivity index (χ3v) is 11.6. The second kappa shape index (κ2) is 13.8. The molecular weight excluding hydrogens is 678 g/mol. The zero-order valence-electron chi connectivity index (χ0n) is 30.1. The fraction of sp³-hybridized carbons (Fsp3) is 0.425. The summed E-state index contributed by atoms with van der Waals surface area (Å²) < 4.78 is 11.6. The predicted molar refractivity (Wildman–Crippen MR) is 199 cm³/mol. The maximum Gasteiger partial charge on any atom is 0.237 e. The number of nitrogens with zero attached hydrogens (tertiary/aromatic N) is 5. The summed E-state index contributed by atoms with van der Waals surface area (Å²) in [5.41, 5.74) is 9.58. The van der Waals surface area contributed by atoms with Crippen molar-refractivity contribution in [1.82, 2.24) is 35.4 Å². The Bertz CT molecular complexity index is 2060. The van der Waals surface area contributed by atoms with E-state index in [-0.39, 0.29) is 29.3 Å². The molecule has 2 aromatic heterocycles. The monoisotopic (exact) mass is 721 g/mol. The Morgan fingerprint density at radius 1 is 0.962 bits per heavy atom. The number of ether oxygens (including phenoxy) is 2. The number of rotatable bonds is 10. The van der Waals surface area contributed by atoms with Gasteiger partial charge in [-0.05, 0) is 48.9 Å². The number of carbonyl (C=O) groups excluding carboxylic acids is 2. The van der Waals surface area contributed by atoms with Crippen LogP contribution in [0.5, 0.6) is 11.8 Å². The van der Waals surface area contributed by atoms with Crippen molar-refractivity contribution in [2.45, 2.75) is 58.2 Å². The molecule has 52 heavy (non-hydrogen) atoms. The van der Waals surface area contributed by atoms with E-state index < -0.39 is 0 Å². The zero-order valence-corrected chi connectivity index (χ0v) is 30.8. The lowest BCUT2D eigenvalue weighted by atomic mass is 9.73. The number of methoxy groups -OCH3 is 2. The SMILES string of the molecule is COc1nc(-c2cccc(-c3cccc(-c4cc5c(c(OC)n4)[C@@H](NC[C@@H]4CCC(=O)N4)CC5)c3C)c2Cl)cnc1CN1CC2(C1)CN(C(C)=O)C2. The second-order valence-corrected chi connectivity index (χ2v) is 15.1. The number of hydrogen-bond acceptors (Lipinski definition) is 9. The van der Waals surface area contributed by atoms with E-state index in [1.54, 1.807) is 27.3 Å². The van der Waals surface area contributed by atoms with Crippen LogP contribution in [0.1, 0.15) is 54.6 Å². The molecule has 1 spiro atoms. The van der Waals surface area contributed by atoms with Gasteiger partial charge in [0.05, 0.1) is 36.8 Å². The third-order valence-electron chi connectivity index (χ3n) is 11.2. The lowest BCUT2D eigenvalue weighted by Gasteiger charge is -2.60. The summed E-state index contributed by atoms with van der Waals surface area (Å²) in [6, 6.07) is 14.7. The van der Waals surface area contributed by atoms with E-state index in [9.17, 15) is 9.59 Å². The molecule has 2 aromatic carbocycles. The number of fused-ring (bicyclic) bond motifs is 1. The van der Waals surface area contributed by atoms with Crippen molar-refractivity contribution in [2.24, 2.45) is 5.41 Å². The largest absolute Gasteiger partial charge is 0.481 e. The van der Waals surface area contributed by atoms with E-state index in [0.717, 1.165) is 96.8 Å². The van der Waals surface area contributed by atoms with Gasteiger partial charge in [0.2, 0.25) is 23.6 Å². The summed E-state index contributed by atoms with van der Waals surface area (Å²) in [5, 5.41) is 7.29. The first-order chi connectivity index (χ1) is 25.1. The third kappa shape index (κ3) is 6.28. The van der Waals surface area contributed by atoms with Crippen LogP contribution in [0.2, 0.25) is 5.02 Å². The van der Waals surface area contributed by atoms with Crippen LogP contribution < -0.4 is 20.1 Å². The van der Waals surface area contributed by atoms with Crippen molar-refractivity contribution in [2.75, 3.05) is 46.9 Å². The molecule has 8 rings (SSSR count). The molecule has 0 unspecified atom stereocenters. The number of amides is 2. The predicted octanol–water partition coefficient (Wildman–Crippen LogP) is 5.37. The summed E-state index contributed by atoms with van der Waals surface area (Å²) >= 11 is 7.20. The van der Waals surface area contributed by atoms with Gasteiger partial charge in [0.1, 0.15) is 5.69 Å². The van der Waals surface area contributed by atoms with Crippen molar-refractivity contribution < 1.29 is 19.1 Å². The number of benzene rings is 2. The molecule has 3 aliphatic heterocycles. The summed E-state index contributed by atoms with van der Waals surface area (Å²) in [7, 11) is 3.30. The quantitative estimate of drug-likeness (QED) is 0.223. The number of pyridine rings is 1. The second-order valence-electron chi connectivity index (χ2n) is 14.8. The zero-order chi connectivity index (χ0) is 36.1. The van der Waals surface area contributed by atoms with E-state index in [0.29, 0.717) is 35.4 Å². The summed E-state index contributed by atoms with van der Waals surface area (Å²) in [4.78, 5) is 42.2. The molecule has 5 heterocycles. The van der Waals surface area contributed by atoms with E-state index in [1.165, 1.54) is 5.56 Å². The Labute approximate surface area is 309 Å². The van der Waals surface area contributed by atoms with Crippen molar-refractivity contribution in [1.29, 1.82) is 0 Å². The summed E-state index contributed by atoms with van der Waals surface area (Å²) in [6.45, 7) is 8.63. The lowest BCUT2D eigenvalue weighted by molar-refractivity contribution is -0.157. The average molecular weight is 722 g/mol. The van der Waals surface area contributed by atoms with Gasteiger partial charge in [-0.25, -0.2) is 9.97 Å². The minimum atomic E-state index is 0.126. The van der Waals surface area contributed by atoms with E-state index in [1.807, 2.05) is 29.2 Å². The Hall–Kier alpha value is -4.58. The highest BCUT2D eigenvalue weighted by molar-refractivity contribution is 6.36. The maximum atomic E-state index is 11.7. The number of nitrogens with one attached hydrogen (secondary N) is 2. The molecule has 4 aromatic rings. The number of aryl methyl sites for hydroxylation is 1. The minimum Gasteiger partial charge on any atom is -0.481 e. The first kappa shape index (κ1) is 34.5. The number of hydrogen-bond donors (Lipinski definition) is 2. The Kier molecular flexibility index (Phi) is 9.13. The summed E-state index contributed by atoms with van der Waals surface area (Å²) in [6.07, 6.45) is 5.10. The molecule has 0 radical (unpaired) electrons. The number of carbonyl (C=O) groups is 2. The van der Waals surface area contributed by atoms with Gasteiger partial charge in [0.25, 0.3) is 0 Å². The highest BCUT2D eigenvalue weighted by atomic mass is 35.5. The lowest BCUT2D eigenvalue weighted by Crippen LogP contribution is -2.72. The van der Waals surface area contributed by atoms with Crippen LogP contribution in [-0.2, 0) is 22.6 Å². The Morgan fingerprint density at radius 2 is 1.67 bits per heavy atom. The van der Waals surface area contributed by atoms with E-state index in [2.05, 4.69) is 40.7 Å². The highest BCUT2D eigenvalue weighted by Gasteiger charge is 2.52. The van der Waals surface area contributed by atoms with Gasteiger partial charge in [0, 0.05) is 92.4 Å². The molecule has 270 valence electrons. The molecule has 2 N–H and O–H groups in total. The van der Waals surface area contributed by atoms with Gasteiger partial charge in [-0.3, -0.25) is 19.5 Å². The molecule has 2 amide bonds. The van der Waals surface area contributed by atoms with Crippen LogP contribution in [0.25, 0.3) is 33.6 Å². The number of likely N-dealkylation sites (tertiary alicyclic amines) is 2. The van der Waals surface area contributed by atoms with Crippen molar-refractivity contribution in [3.8, 4) is 45.4 Å². The van der Waals surface area contributed by atoms with Gasteiger partial charge in [-0.15, -0.1) is 0 Å². The van der Waals surface area contributed by atoms with Crippen LogP contribution in [0.3, 0.4) is 0 Å². The standard InChI is InChI=1S/C40H44ClN7O4/c1-23-27(7-5-8-28(23)32-15-25-11-13-31(36(25)39(45-32)52-4)42-16-26-12-14-35(50)44-26)29-9-6-10-30(37(29)41)33-17-43-34(38(46-33)51-3)18-47-19-40(20-47)21-48(22-40)24(2)49/h5-10,15,17,26,31,42H,11-14,16,18-22H2,1-4H3,(H,44,50)/t26-,31-/m0/s1. The Morgan fingerprint density at radius 3 is 2.38 bits per heavy atom. The smallest absolute Gasteiger partial charge is 0.237 e. The number of aromatic nitrogens is 3. The topological polar surface area (TPSA) is 122 Å². The first-order valence-electron chi connectivity index (χ1n) is 18.0. The van der Waals surface area contributed by atoms with Gasteiger partial charge in [0.15, 0.2) is 0 Å². The van der Waals surface area contributed by atoms with E-state index in [4.69, 9.17) is 36.0 Å². The van der Waals surface area contributed by atoms with Crippen LogP contribution in [-0.4, -0.2) is 89.6 Å². The molecule has 0 saturated carbocycles. The fourth-order valence-electron chi connectivity index (χ4n) is 8.57. The molecule has 11 nitrogen and oxygen atoms in total. The van der Waals surface area contributed by atoms with Crippen molar-refractivity contribution in [3.63, 3.8) is 0 Å². The normalized spacial score (nSPS) is 20.3. The fourth-order valence-corrected chi connectivity index (χ4v) is 8.90. The van der Waals surface area contributed by atoms with Crippen LogP contribution in [0.15, 0.2) is 48.7 Å². The van der Waals surface area contributed by atoms with Gasteiger partial charge in [-0.1, -0.05) is 48.0 Å². The highest BCUT2D eigenvalue weighted by Crippen LogP contribution is 2.44. The molecule has 4 aliphatic rings. The van der Waals surface area contributed by atoms with Crippen LogP contribution in [0, 0.1) is 12.3 Å². The average Bonchev–Trinajstić information content (AvgIpc) is 3.73. The molecule has 12 heteroatoms. The Balaban J connectivity index is 1.02. The molecular formula is C40H44ClN7O4. The van der Waals surface area contributed by atoms with Crippen LogP contribution in [0.4, 0.5) is 0 Å². The molecule has 1 aliphatic carbocycles.